The maximum atomic E-state index is 5.99. The first kappa shape index (κ1) is 11.4. The number of hydrogen-bond acceptors (Lipinski definition) is 1. The number of aromatic nitrogens is 3. The minimum atomic E-state index is 0.783. The first-order valence-corrected chi connectivity index (χ1v) is 6.34. The number of hydrogen-bond donors (Lipinski definition) is 0. The number of nitrogens with zero attached hydrogens (tertiary/aromatic N) is 3. The van der Waals surface area contributed by atoms with Crippen LogP contribution in [0.3, 0.4) is 0 Å². The Balaban J connectivity index is 1.85. The fourth-order valence-corrected chi connectivity index (χ4v) is 2.40. The third kappa shape index (κ3) is 2.02. The van der Waals surface area contributed by atoms with Crippen molar-refractivity contribution in [3.8, 4) is 0 Å². The van der Waals surface area contributed by atoms with Crippen molar-refractivity contribution >= 4 is 22.5 Å². The first-order chi connectivity index (χ1) is 8.74. The van der Waals surface area contributed by atoms with Crippen LogP contribution in [0.1, 0.15) is 5.82 Å². The van der Waals surface area contributed by atoms with E-state index in [1.54, 1.807) is 0 Å². The lowest BCUT2D eigenvalue weighted by Crippen LogP contribution is -2.07. The first-order valence-electron chi connectivity index (χ1n) is 5.96. The average molecular weight is 260 g/mol. The number of rotatable bonds is 3. The van der Waals surface area contributed by atoms with Crippen LogP contribution in [0.5, 0.6) is 0 Å². The van der Waals surface area contributed by atoms with Gasteiger partial charge in [-0.25, -0.2) is 4.98 Å². The molecule has 0 spiro atoms. The Kier molecular flexibility index (Phi) is 2.84. The molecule has 0 saturated heterocycles. The van der Waals surface area contributed by atoms with E-state index in [4.69, 9.17) is 11.6 Å². The SMILES string of the molecule is Cc1nccn1CCn1ccc2cc(Cl)ccc21. The normalized spacial score (nSPS) is 11.2. The van der Waals surface area contributed by atoms with Gasteiger partial charge in [0.1, 0.15) is 5.82 Å². The number of fused-ring (bicyclic) bond motifs is 1. The lowest BCUT2D eigenvalue weighted by molar-refractivity contribution is 0.580. The van der Waals surface area contributed by atoms with E-state index < -0.39 is 0 Å². The third-order valence-electron chi connectivity index (χ3n) is 3.24. The maximum Gasteiger partial charge on any atom is 0.105 e. The summed E-state index contributed by atoms with van der Waals surface area (Å²) < 4.78 is 4.40. The zero-order valence-corrected chi connectivity index (χ0v) is 10.9. The highest BCUT2D eigenvalue weighted by molar-refractivity contribution is 6.31. The predicted octanol–water partition coefficient (Wildman–Crippen LogP) is 3.50. The standard InChI is InChI=1S/C14H14ClN3/c1-11-16-5-7-17(11)8-9-18-6-4-12-10-13(15)2-3-14(12)18/h2-7,10H,8-9H2,1H3. The largest absolute Gasteiger partial charge is 0.346 e. The molecule has 0 unspecified atom stereocenters. The fourth-order valence-electron chi connectivity index (χ4n) is 2.22. The van der Waals surface area contributed by atoms with E-state index in [1.807, 2.05) is 31.5 Å². The fraction of sp³-hybridized carbons (Fsp3) is 0.214. The van der Waals surface area contributed by atoms with E-state index in [-0.39, 0.29) is 0 Å². The molecule has 3 aromatic rings. The van der Waals surface area contributed by atoms with Crippen molar-refractivity contribution in [3.05, 3.63) is 53.7 Å². The van der Waals surface area contributed by atoms with Crippen LogP contribution in [0.25, 0.3) is 10.9 Å². The Morgan fingerprint density at radius 3 is 2.72 bits per heavy atom. The molecular weight excluding hydrogens is 246 g/mol. The molecule has 0 aliphatic heterocycles. The third-order valence-corrected chi connectivity index (χ3v) is 3.47. The zero-order chi connectivity index (χ0) is 12.5. The van der Waals surface area contributed by atoms with E-state index in [0.29, 0.717) is 0 Å². The summed E-state index contributed by atoms with van der Waals surface area (Å²) in [6.07, 6.45) is 5.95. The van der Waals surface area contributed by atoms with Gasteiger partial charge in [0.15, 0.2) is 0 Å². The molecule has 0 bridgehead atoms. The summed E-state index contributed by atoms with van der Waals surface area (Å²) >= 11 is 5.99. The summed E-state index contributed by atoms with van der Waals surface area (Å²) in [5.41, 5.74) is 1.22. The second-order valence-electron chi connectivity index (χ2n) is 4.38. The van der Waals surface area contributed by atoms with E-state index >= 15 is 0 Å². The van der Waals surface area contributed by atoms with Crippen LogP contribution in [-0.4, -0.2) is 14.1 Å². The molecule has 0 radical (unpaired) electrons. The van der Waals surface area contributed by atoms with E-state index in [2.05, 4.69) is 32.4 Å². The van der Waals surface area contributed by atoms with Crippen molar-refractivity contribution in [1.29, 1.82) is 0 Å². The lowest BCUT2D eigenvalue weighted by Gasteiger charge is -2.08. The van der Waals surface area contributed by atoms with Crippen LogP contribution in [0.15, 0.2) is 42.9 Å². The molecule has 2 aromatic heterocycles. The molecule has 0 aliphatic rings. The van der Waals surface area contributed by atoms with Gasteiger partial charge in [-0.1, -0.05) is 11.6 Å². The smallest absolute Gasteiger partial charge is 0.105 e. The molecule has 3 nitrogen and oxygen atoms in total. The minimum Gasteiger partial charge on any atom is -0.346 e. The summed E-state index contributed by atoms with van der Waals surface area (Å²) in [7, 11) is 0. The van der Waals surface area contributed by atoms with Gasteiger partial charge in [-0.05, 0) is 31.2 Å². The van der Waals surface area contributed by atoms with Gasteiger partial charge < -0.3 is 9.13 Å². The number of aryl methyl sites for hydroxylation is 3. The van der Waals surface area contributed by atoms with Gasteiger partial charge in [-0.15, -0.1) is 0 Å². The van der Waals surface area contributed by atoms with Crippen LogP contribution in [0.2, 0.25) is 5.02 Å². The van der Waals surface area contributed by atoms with Crippen molar-refractivity contribution in [2.45, 2.75) is 20.0 Å². The Morgan fingerprint density at radius 2 is 1.94 bits per heavy atom. The van der Waals surface area contributed by atoms with Crippen molar-refractivity contribution in [2.24, 2.45) is 0 Å². The topological polar surface area (TPSA) is 22.8 Å². The molecule has 0 fully saturated rings. The van der Waals surface area contributed by atoms with Crippen molar-refractivity contribution in [3.63, 3.8) is 0 Å². The molecule has 0 aliphatic carbocycles. The predicted molar refractivity (Wildman–Crippen MR) is 73.9 cm³/mol. The summed E-state index contributed by atoms with van der Waals surface area (Å²) in [5, 5.41) is 1.97. The van der Waals surface area contributed by atoms with Gasteiger partial charge in [0.05, 0.1) is 0 Å². The second-order valence-corrected chi connectivity index (χ2v) is 4.82. The van der Waals surface area contributed by atoms with Gasteiger partial charge in [0.25, 0.3) is 0 Å². The zero-order valence-electron chi connectivity index (χ0n) is 10.2. The monoisotopic (exact) mass is 259 g/mol. The Morgan fingerprint density at radius 1 is 1.11 bits per heavy atom. The van der Waals surface area contributed by atoms with Crippen LogP contribution >= 0.6 is 11.6 Å². The van der Waals surface area contributed by atoms with Crippen molar-refractivity contribution in [2.75, 3.05) is 0 Å². The molecule has 2 heterocycles. The summed E-state index contributed by atoms with van der Waals surface area (Å²) in [6.45, 7) is 3.88. The van der Waals surface area contributed by atoms with Gasteiger partial charge in [0, 0.05) is 47.6 Å². The molecule has 4 heteroatoms. The van der Waals surface area contributed by atoms with Crippen molar-refractivity contribution in [1.82, 2.24) is 14.1 Å². The quantitative estimate of drug-likeness (QED) is 0.706. The second kappa shape index (κ2) is 4.50. The highest BCUT2D eigenvalue weighted by Crippen LogP contribution is 2.20. The minimum absolute atomic E-state index is 0.783. The molecule has 0 N–H and O–H groups in total. The molecule has 18 heavy (non-hydrogen) atoms. The Bertz CT molecular complexity index is 681. The van der Waals surface area contributed by atoms with Gasteiger partial charge in [-0.2, -0.15) is 0 Å². The Labute approximate surface area is 111 Å². The Hall–Kier alpha value is -1.74. The molecule has 92 valence electrons. The van der Waals surface area contributed by atoms with Gasteiger partial charge in [0.2, 0.25) is 0 Å². The number of benzene rings is 1. The summed E-state index contributed by atoms with van der Waals surface area (Å²) in [5.74, 6) is 1.05. The lowest BCUT2D eigenvalue weighted by atomic mass is 10.2. The highest BCUT2D eigenvalue weighted by Gasteiger charge is 2.02. The van der Waals surface area contributed by atoms with E-state index in [0.717, 1.165) is 23.9 Å². The van der Waals surface area contributed by atoms with E-state index in [1.165, 1.54) is 10.9 Å². The summed E-state index contributed by atoms with van der Waals surface area (Å²) in [6, 6.07) is 8.10. The van der Waals surface area contributed by atoms with Gasteiger partial charge in [-0.3, -0.25) is 0 Å². The van der Waals surface area contributed by atoms with Crippen molar-refractivity contribution < 1.29 is 0 Å². The molecule has 0 saturated carbocycles. The van der Waals surface area contributed by atoms with Gasteiger partial charge >= 0.3 is 0 Å². The van der Waals surface area contributed by atoms with Crippen LogP contribution in [-0.2, 0) is 13.1 Å². The average Bonchev–Trinajstić information content (AvgIpc) is 2.93. The number of halogens is 1. The molecule has 0 amide bonds. The van der Waals surface area contributed by atoms with Crippen LogP contribution in [0, 0.1) is 6.92 Å². The highest BCUT2D eigenvalue weighted by atomic mass is 35.5. The molecule has 1 aromatic carbocycles. The molecule has 3 rings (SSSR count). The van der Waals surface area contributed by atoms with Crippen LogP contribution < -0.4 is 0 Å². The summed E-state index contributed by atoms with van der Waals surface area (Å²) in [4.78, 5) is 4.23. The maximum absolute atomic E-state index is 5.99. The molecular formula is C14H14ClN3. The molecule has 0 atom stereocenters. The number of imidazole rings is 1. The van der Waals surface area contributed by atoms with E-state index in [9.17, 15) is 0 Å². The van der Waals surface area contributed by atoms with Crippen LogP contribution in [0.4, 0.5) is 0 Å².